The summed E-state index contributed by atoms with van der Waals surface area (Å²) in [6.07, 6.45) is 0.886. The number of nitrogens with two attached hydrogens (primary N) is 1. The second kappa shape index (κ2) is 9.78. The van der Waals surface area contributed by atoms with E-state index in [0.29, 0.717) is 46.9 Å². The Morgan fingerprint density at radius 3 is 2.58 bits per heavy atom. The molecule has 1 heterocycles. The highest BCUT2D eigenvalue weighted by atomic mass is 16.5. The van der Waals surface area contributed by atoms with Crippen LogP contribution in [0.4, 0.5) is 5.69 Å². The first kappa shape index (κ1) is 24.9. The van der Waals surface area contributed by atoms with Crippen LogP contribution in [-0.4, -0.2) is 25.4 Å². The molecule has 0 spiro atoms. The lowest BCUT2D eigenvalue weighted by Gasteiger charge is -2.37. The highest BCUT2D eigenvalue weighted by molar-refractivity contribution is 6.00. The SMILES string of the molecule is COc1cc([C@H]2C(C#N)=C(N)OC3=C2C(=O)CC(C)(C)C3)ccc1OCC(=O)Nc1ccc(C)cc1. The van der Waals surface area contributed by atoms with Crippen LogP contribution in [0, 0.1) is 23.7 Å². The normalized spacial score (nSPS) is 18.6. The minimum Gasteiger partial charge on any atom is -0.493 e. The van der Waals surface area contributed by atoms with Crippen LogP contribution in [0.25, 0.3) is 0 Å². The number of carbonyl (C=O) groups excluding carboxylic acids is 2. The van der Waals surface area contributed by atoms with Gasteiger partial charge in [0.1, 0.15) is 17.4 Å². The predicted octanol–water partition coefficient (Wildman–Crippen LogP) is 4.47. The zero-order valence-electron chi connectivity index (χ0n) is 20.8. The molecule has 1 aliphatic heterocycles. The standard InChI is InChI=1S/C28H29N3O5/c1-16-5-8-18(9-6-16)31-24(33)15-35-21-10-7-17(11-22(21)34-4)25-19(14-29)27(30)36-23-13-28(2,3)12-20(32)26(23)25/h5-11,25H,12-13,15,30H2,1-4H3,(H,31,33)/t25-/m0/s1. The van der Waals surface area contributed by atoms with Crippen LogP contribution >= 0.6 is 0 Å². The Hall–Kier alpha value is -4.25. The summed E-state index contributed by atoms with van der Waals surface area (Å²) in [4.78, 5) is 25.5. The predicted molar refractivity (Wildman–Crippen MR) is 134 cm³/mol. The van der Waals surface area contributed by atoms with E-state index >= 15 is 0 Å². The maximum atomic E-state index is 13.2. The molecule has 3 N–H and O–H groups in total. The lowest BCUT2D eigenvalue weighted by molar-refractivity contribution is -0.119. The van der Waals surface area contributed by atoms with Crippen molar-refractivity contribution in [2.45, 2.75) is 39.5 Å². The number of Topliss-reactive ketones (excluding diaryl/α,β-unsaturated/α-hetero) is 1. The van der Waals surface area contributed by atoms with Crippen LogP contribution in [0.1, 0.15) is 43.7 Å². The lowest BCUT2D eigenvalue weighted by Crippen LogP contribution is -2.33. The Labute approximate surface area is 210 Å². The number of ether oxygens (including phenoxy) is 3. The van der Waals surface area contributed by atoms with Crippen LogP contribution < -0.4 is 20.5 Å². The van der Waals surface area contributed by atoms with Gasteiger partial charge in [-0.15, -0.1) is 0 Å². The van der Waals surface area contributed by atoms with Crippen molar-refractivity contribution in [2.75, 3.05) is 19.0 Å². The van der Waals surface area contributed by atoms with Gasteiger partial charge in [0.25, 0.3) is 5.91 Å². The molecule has 8 nitrogen and oxygen atoms in total. The smallest absolute Gasteiger partial charge is 0.262 e. The number of benzene rings is 2. The molecule has 2 aromatic carbocycles. The average molecular weight is 488 g/mol. The van der Waals surface area contributed by atoms with Crippen molar-refractivity contribution in [3.63, 3.8) is 0 Å². The van der Waals surface area contributed by atoms with Crippen molar-refractivity contribution in [2.24, 2.45) is 11.1 Å². The number of hydrogen-bond acceptors (Lipinski definition) is 7. The van der Waals surface area contributed by atoms with E-state index in [0.717, 1.165) is 5.56 Å². The number of allylic oxidation sites excluding steroid dienone is 3. The van der Waals surface area contributed by atoms with Crippen LogP contribution in [0.2, 0.25) is 0 Å². The molecule has 1 aliphatic carbocycles. The summed E-state index contributed by atoms with van der Waals surface area (Å²) in [7, 11) is 1.48. The molecule has 0 unspecified atom stereocenters. The summed E-state index contributed by atoms with van der Waals surface area (Å²) < 4.78 is 17.0. The van der Waals surface area contributed by atoms with E-state index in [2.05, 4.69) is 11.4 Å². The molecule has 2 aromatic rings. The van der Waals surface area contributed by atoms with Crippen LogP contribution in [0.15, 0.2) is 65.3 Å². The van der Waals surface area contributed by atoms with E-state index in [1.54, 1.807) is 18.2 Å². The minimum absolute atomic E-state index is 0.00109. The Balaban J connectivity index is 1.59. The molecule has 36 heavy (non-hydrogen) atoms. The zero-order valence-corrected chi connectivity index (χ0v) is 20.8. The number of methoxy groups -OCH3 is 1. The second-order valence-electron chi connectivity index (χ2n) is 9.82. The number of amides is 1. The zero-order chi connectivity index (χ0) is 26.0. The third-order valence-electron chi connectivity index (χ3n) is 6.29. The molecule has 0 bridgehead atoms. The average Bonchev–Trinajstić information content (AvgIpc) is 2.82. The number of ketones is 1. The quantitative estimate of drug-likeness (QED) is 0.616. The Morgan fingerprint density at radius 1 is 1.19 bits per heavy atom. The van der Waals surface area contributed by atoms with Gasteiger partial charge in [0.05, 0.1) is 13.0 Å². The highest BCUT2D eigenvalue weighted by Gasteiger charge is 2.43. The van der Waals surface area contributed by atoms with E-state index < -0.39 is 5.92 Å². The summed E-state index contributed by atoms with van der Waals surface area (Å²) >= 11 is 0. The highest BCUT2D eigenvalue weighted by Crippen LogP contribution is 2.48. The van der Waals surface area contributed by atoms with Gasteiger partial charge in [-0.25, -0.2) is 0 Å². The van der Waals surface area contributed by atoms with Gasteiger partial charge in [0.2, 0.25) is 5.88 Å². The Bertz CT molecular complexity index is 1320. The van der Waals surface area contributed by atoms with Gasteiger partial charge in [-0.05, 0) is 42.2 Å². The number of anilines is 1. The molecule has 0 saturated heterocycles. The van der Waals surface area contributed by atoms with E-state index in [1.807, 2.05) is 45.0 Å². The summed E-state index contributed by atoms with van der Waals surface area (Å²) in [5.41, 5.74) is 8.88. The minimum atomic E-state index is -0.671. The monoisotopic (exact) mass is 487 g/mol. The van der Waals surface area contributed by atoms with Gasteiger partial charge < -0.3 is 25.3 Å². The van der Waals surface area contributed by atoms with Crippen molar-refractivity contribution in [1.29, 1.82) is 5.26 Å². The van der Waals surface area contributed by atoms with E-state index in [-0.39, 0.29) is 35.2 Å². The van der Waals surface area contributed by atoms with Crippen molar-refractivity contribution >= 4 is 17.4 Å². The molecule has 4 rings (SSSR count). The second-order valence-corrected chi connectivity index (χ2v) is 9.82. The van der Waals surface area contributed by atoms with E-state index in [4.69, 9.17) is 19.9 Å². The molecular weight excluding hydrogens is 458 g/mol. The number of nitriles is 1. The van der Waals surface area contributed by atoms with E-state index in [9.17, 15) is 14.9 Å². The van der Waals surface area contributed by atoms with Crippen molar-refractivity contribution in [3.8, 4) is 17.6 Å². The number of nitrogens with one attached hydrogen (secondary N) is 1. The van der Waals surface area contributed by atoms with Gasteiger partial charge in [-0.1, -0.05) is 37.6 Å². The van der Waals surface area contributed by atoms with E-state index in [1.165, 1.54) is 7.11 Å². The number of carbonyl (C=O) groups is 2. The third-order valence-corrected chi connectivity index (χ3v) is 6.29. The van der Waals surface area contributed by atoms with Gasteiger partial charge >= 0.3 is 0 Å². The molecule has 1 amide bonds. The maximum Gasteiger partial charge on any atom is 0.262 e. The van der Waals surface area contributed by atoms with Crippen molar-refractivity contribution in [3.05, 3.63) is 76.4 Å². The molecule has 1 atom stereocenters. The fourth-order valence-electron chi connectivity index (χ4n) is 4.58. The summed E-state index contributed by atoms with van der Waals surface area (Å²) in [6, 6.07) is 14.7. The topological polar surface area (TPSA) is 124 Å². The molecule has 0 aromatic heterocycles. The van der Waals surface area contributed by atoms with Gasteiger partial charge in [0, 0.05) is 24.1 Å². The molecule has 186 valence electrons. The van der Waals surface area contributed by atoms with Gasteiger partial charge in [-0.3, -0.25) is 9.59 Å². The molecular formula is C28H29N3O5. The molecule has 0 radical (unpaired) electrons. The lowest BCUT2D eigenvalue weighted by atomic mass is 9.70. The molecule has 0 saturated carbocycles. The fraction of sp³-hybridized carbons (Fsp3) is 0.321. The summed E-state index contributed by atoms with van der Waals surface area (Å²) in [5.74, 6) is 0.163. The number of hydrogen-bond donors (Lipinski definition) is 2. The number of aryl methyl sites for hydroxylation is 1. The van der Waals surface area contributed by atoms with Crippen LogP contribution in [-0.2, 0) is 14.3 Å². The molecule has 2 aliphatic rings. The maximum absolute atomic E-state index is 13.2. The number of rotatable bonds is 6. The van der Waals surface area contributed by atoms with Crippen molar-refractivity contribution < 1.29 is 23.8 Å². The van der Waals surface area contributed by atoms with Crippen LogP contribution in [0.3, 0.4) is 0 Å². The van der Waals surface area contributed by atoms with Gasteiger partial charge in [0.15, 0.2) is 23.9 Å². The largest absolute Gasteiger partial charge is 0.493 e. The third kappa shape index (κ3) is 5.05. The van der Waals surface area contributed by atoms with Crippen molar-refractivity contribution in [1.82, 2.24) is 0 Å². The number of nitrogens with zero attached hydrogens (tertiary/aromatic N) is 1. The first-order chi connectivity index (χ1) is 17.1. The first-order valence-corrected chi connectivity index (χ1v) is 11.6. The molecule has 8 heteroatoms. The summed E-state index contributed by atoms with van der Waals surface area (Å²) in [6.45, 7) is 5.74. The van der Waals surface area contributed by atoms with Gasteiger partial charge in [-0.2, -0.15) is 5.26 Å². The molecule has 0 fully saturated rings. The fourth-order valence-corrected chi connectivity index (χ4v) is 4.58. The Morgan fingerprint density at radius 2 is 1.92 bits per heavy atom. The first-order valence-electron chi connectivity index (χ1n) is 11.6. The summed E-state index contributed by atoms with van der Waals surface area (Å²) in [5, 5.41) is 12.6. The Kier molecular flexibility index (Phi) is 6.75. The van der Waals surface area contributed by atoms with Crippen LogP contribution in [0.5, 0.6) is 11.5 Å².